The number of carbonyl (C=O) groups excluding carboxylic acids is 1. The zero-order valence-corrected chi connectivity index (χ0v) is 11.7. The molecule has 1 aliphatic heterocycles. The third-order valence-corrected chi connectivity index (χ3v) is 3.47. The van der Waals surface area contributed by atoms with Gasteiger partial charge in [-0.25, -0.2) is 0 Å². The van der Waals surface area contributed by atoms with E-state index in [-0.39, 0.29) is 11.7 Å². The zero-order chi connectivity index (χ0) is 14.0. The molecule has 6 nitrogen and oxygen atoms in total. The van der Waals surface area contributed by atoms with E-state index in [1.54, 1.807) is 0 Å². The molecule has 0 unspecified atom stereocenters. The molecule has 0 aromatic carbocycles. The predicted molar refractivity (Wildman–Crippen MR) is 70.5 cm³/mol. The molecular formula is C12H24N4O2. The summed E-state index contributed by atoms with van der Waals surface area (Å²) in [5.41, 5.74) is 4.58. The Hall–Kier alpha value is -1.30. The number of hydrogen-bond acceptors (Lipinski definition) is 4. The van der Waals surface area contributed by atoms with Crippen LogP contribution in [-0.2, 0) is 4.79 Å². The van der Waals surface area contributed by atoms with Gasteiger partial charge in [0.25, 0.3) is 0 Å². The summed E-state index contributed by atoms with van der Waals surface area (Å²) in [6.45, 7) is 7.15. The van der Waals surface area contributed by atoms with Crippen LogP contribution in [0, 0.1) is 5.41 Å². The Kier molecular flexibility index (Phi) is 4.21. The smallest absolute Gasteiger partial charge is 0.226 e. The standard InChI is InChI=1S/C12H24N4O2/c1-11(2,3)10(17)14-12(9(13)15-18)5-7-16(4)8-6-12/h18H,5-8H2,1-4H3,(H2,13,15)(H,14,17). The summed E-state index contributed by atoms with van der Waals surface area (Å²) in [5, 5.41) is 15.0. The molecule has 18 heavy (non-hydrogen) atoms. The van der Waals surface area contributed by atoms with Crippen LogP contribution in [0.15, 0.2) is 5.16 Å². The fourth-order valence-electron chi connectivity index (χ4n) is 1.95. The summed E-state index contributed by atoms with van der Waals surface area (Å²) < 4.78 is 0. The molecule has 0 aromatic heterocycles. The third kappa shape index (κ3) is 3.13. The molecule has 0 bridgehead atoms. The van der Waals surface area contributed by atoms with Crippen LogP contribution >= 0.6 is 0 Å². The maximum atomic E-state index is 12.1. The molecular weight excluding hydrogens is 232 g/mol. The van der Waals surface area contributed by atoms with Crippen molar-refractivity contribution in [3.63, 3.8) is 0 Å². The Morgan fingerprint density at radius 2 is 1.89 bits per heavy atom. The highest BCUT2D eigenvalue weighted by atomic mass is 16.4. The second-order valence-electron chi connectivity index (χ2n) is 6.07. The first kappa shape index (κ1) is 14.8. The SMILES string of the molecule is CN1CCC(NC(=O)C(C)(C)C)(/C(N)=N/O)CC1. The lowest BCUT2D eigenvalue weighted by molar-refractivity contribution is -0.130. The highest BCUT2D eigenvalue weighted by Crippen LogP contribution is 2.24. The van der Waals surface area contributed by atoms with E-state index in [0.29, 0.717) is 12.8 Å². The van der Waals surface area contributed by atoms with Crippen molar-refractivity contribution in [2.75, 3.05) is 20.1 Å². The first-order valence-corrected chi connectivity index (χ1v) is 6.20. The van der Waals surface area contributed by atoms with Crippen molar-refractivity contribution in [1.29, 1.82) is 0 Å². The number of nitrogens with one attached hydrogen (secondary N) is 1. The monoisotopic (exact) mass is 256 g/mol. The highest BCUT2D eigenvalue weighted by molar-refractivity contribution is 5.95. The van der Waals surface area contributed by atoms with Gasteiger partial charge in [-0.1, -0.05) is 25.9 Å². The molecule has 4 N–H and O–H groups in total. The summed E-state index contributed by atoms with van der Waals surface area (Å²) in [6, 6.07) is 0. The van der Waals surface area contributed by atoms with Gasteiger partial charge >= 0.3 is 0 Å². The quantitative estimate of drug-likeness (QED) is 0.288. The van der Waals surface area contributed by atoms with Crippen molar-refractivity contribution >= 4 is 11.7 Å². The highest BCUT2D eigenvalue weighted by Gasteiger charge is 2.41. The molecule has 1 fully saturated rings. The van der Waals surface area contributed by atoms with Crippen molar-refractivity contribution in [2.24, 2.45) is 16.3 Å². The van der Waals surface area contributed by atoms with E-state index in [1.165, 1.54) is 0 Å². The van der Waals surface area contributed by atoms with E-state index >= 15 is 0 Å². The average molecular weight is 256 g/mol. The average Bonchev–Trinajstić information content (AvgIpc) is 2.30. The fourth-order valence-corrected chi connectivity index (χ4v) is 1.95. The van der Waals surface area contributed by atoms with Crippen molar-refractivity contribution in [3.05, 3.63) is 0 Å². The van der Waals surface area contributed by atoms with E-state index in [4.69, 9.17) is 10.9 Å². The minimum atomic E-state index is -0.717. The lowest BCUT2D eigenvalue weighted by Crippen LogP contribution is -2.63. The van der Waals surface area contributed by atoms with Crippen LogP contribution in [0.5, 0.6) is 0 Å². The van der Waals surface area contributed by atoms with Gasteiger partial charge < -0.3 is 21.2 Å². The van der Waals surface area contributed by atoms with Crippen LogP contribution in [0.4, 0.5) is 0 Å². The third-order valence-electron chi connectivity index (χ3n) is 3.47. The molecule has 0 radical (unpaired) electrons. The number of rotatable bonds is 2. The van der Waals surface area contributed by atoms with Gasteiger partial charge in [0, 0.05) is 18.5 Å². The lowest BCUT2D eigenvalue weighted by Gasteiger charge is -2.41. The Morgan fingerprint density at radius 3 is 2.28 bits per heavy atom. The van der Waals surface area contributed by atoms with E-state index in [9.17, 15) is 4.79 Å². The van der Waals surface area contributed by atoms with Crippen molar-refractivity contribution in [3.8, 4) is 0 Å². The van der Waals surface area contributed by atoms with Gasteiger partial charge in [-0.2, -0.15) is 0 Å². The molecule has 0 saturated carbocycles. The largest absolute Gasteiger partial charge is 0.409 e. The number of carbonyl (C=O) groups is 1. The van der Waals surface area contributed by atoms with Gasteiger partial charge in [0.1, 0.15) is 5.54 Å². The second kappa shape index (κ2) is 5.14. The first-order chi connectivity index (χ1) is 8.21. The van der Waals surface area contributed by atoms with Gasteiger partial charge in [-0.15, -0.1) is 0 Å². The Balaban J connectivity index is 2.90. The fraction of sp³-hybridized carbons (Fsp3) is 0.833. The summed E-state index contributed by atoms with van der Waals surface area (Å²) in [5.74, 6) is 0.00635. The van der Waals surface area contributed by atoms with Gasteiger partial charge in [0.05, 0.1) is 0 Å². The van der Waals surface area contributed by atoms with Gasteiger partial charge in [-0.3, -0.25) is 4.79 Å². The van der Waals surface area contributed by atoms with Crippen LogP contribution in [0.2, 0.25) is 0 Å². The summed E-state index contributed by atoms with van der Waals surface area (Å²) in [7, 11) is 2.02. The number of hydrogen-bond donors (Lipinski definition) is 3. The van der Waals surface area contributed by atoms with Crippen molar-refractivity contribution < 1.29 is 10.0 Å². The minimum absolute atomic E-state index is 0.0846. The van der Waals surface area contributed by atoms with Crippen molar-refractivity contribution in [1.82, 2.24) is 10.2 Å². The maximum Gasteiger partial charge on any atom is 0.226 e. The van der Waals surface area contributed by atoms with Crippen LogP contribution < -0.4 is 11.1 Å². The maximum absolute atomic E-state index is 12.1. The van der Waals surface area contributed by atoms with Crippen LogP contribution in [-0.4, -0.2) is 47.5 Å². The topological polar surface area (TPSA) is 91.0 Å². The number of nitrogens with two attached hydrogens (primary N) is 1. The van der Waals surface area contributed by atoms with E-state index < -0.39 is 11.0 Å². The molecule has 1 aliphatic rings. The van der Waals surface area contributed by atoms with Crippen LogP contribution in [0.25, 0.3) is 0 Å². The Labute approximate surface area is 108 Å². The number of amidine groups is 1. The number of nitrogens with zero attached hydrogens (tertiary/aromatic N) is 2. The zero-order valence-electron chi connectivity index (χ0n) is 11.7. The van der Waals surface area contributed by atoms with Gasteiger partial charge in [0.2, 0.25) is 5.91 Å². The molecule has 1 heterocycles. The van der Waals surface area contributed by atoms with E-state index in [2.05, 4.69) is 15.4 Å². The molecule has 6 heteroatoms. The van der Waals surface area contributed by atoms with Gasteiger partial charge in [-0.05, 0) is 19.9 Å². The number of likely N-dealkylation sites (tertiary alicyclic amines) is 1. The molecule has 0 spiro atoms. The normalized spacial score (nSPS) is 21.7. The molecule has 1 rings (SSSR count). The molecule has 104 valence electrons. The predicted octanol–water partition coefficient (Wildman–Crippen LogP) is 0.360. The lowest BCUT2D eigenvalue weighted by atomic mass is 9.84. The Bertz CT molecular complexity index is 338. The Morgan fingerprint density at radius 1 is 1.39 bits per heavy atom. The first-order valence-electron chi connectivity index (χ1n) is 6.20. The second-order valence-corrected chi connectivity index (χ2v) is 6.07. The summed E-state index contributed by atoms with van der Waals surface area (Å²) in [6.07, 6.45) is 1.31. The number of amides is 1. The van der Waals surface area contributed by atoms with Crippen molar-refractivity contribution in [2.45, 2.75) is 39.2 Å². The van der Waals surface area contributed by atoms with Crippen LogP contribution in [0.3, 0.4) is 0 Å². The van der Waals surface area contributed by atoms with E-state index in [0.717, 1.165) is 13.1 Å². The number of oxime groups is 1. The van der Waals surface area contributed by atoms with Crippen LogP contribution in [0.1, 0.15) is 33.6 Å². The summed E-state index contributed by atoms with van der Waals surface area (Å²) >= 11 is 0. The summed E-state index contributed by atoms with van der Waals surface area (Å²) in [4.78, 5) is 14.3. The molecule has 0 aromatic rings. The van der Waals surface area contributed by atoms with Gasteiger partial charge in [0.15, 0.2) is 5.84 Å². The minimum Gasteiger partial charge on any atom is -0.409 e. The molecule has 0 aliphatic carbocycles. The van der Waals surface area contributed by atoms with E-state index in [1.807, 2.05) is 27.8 Å². The number of piperidine rings is 1. The molecule has 1 saturated heterocycles. The molecule has 1 amide bonds. The molecule has 0 atom stereocenters.